The van der Waals surface area contributed by atoms with Crippen LogP contribution in [0.2, 0.25) is 0 Å². The molecule has 7 heteroatoms. The van der Waals surface area contributed by atoms with Crippen molar-refractivity contribution < 1.29 is 0 Å². The van der Waals surface area contributed by atoms with E-state index in [1.54, 1.807) is 24.7 Å². The van der Waals surface area contributed by atoms with Gasteiger partial charge in [0.15, 0.2) is 0 Å². The molecule has 0 aliphatic carbocycles. The van der Waals surface area contributed by atoms with Crippen molar-refractivity contribution in [1.29, 1.82) is 0 Å². The Labute approximate surface area is 163 Å². The van der Waals surface area contributed by atoms with Crippen molar-refractivity contribution in [1.82, 2.24) is 24.8 Å². The lowest BCUT2D eigenvalue weighted by molar-refractivity contribution is 0.137. The van der Waals surface area contributed by atoms with Crippen molar-refractivity contribution >= 4 is 5.82 Å². The van der Waals surface area contributed by atoms with Gasteiger partial charge < -0.3 is 10.3 Å². The second-order valence-electron chi connectivity index (χ2n) is 7.00. The number of nitrogens with one attached hydrogen (secondary N) is 2. The maximum Gasteiger partial charge on any atom is 0.251 e. The number of H-pyrrole nitrogens is 1. The summed E-state index contributed by atoms with van der Waals surface area (Å²) < 4.78 is 0. The van der Waals surface area contributed by atoms with Crippen LogP contribution in [0.25, 0.3) is 11.4 Å². The van der Waals surface area contributed by atoms with Gasteiger partial charge in [-0.2, -0.15) is 0 Å². The maximum absolute atomic E-state index is 12.3. The molecule has 4 rings (SSSR count). The summed E-state index contributed by atoms with van der Waals surface area (Å²) in [5.74, 6) is 1.46. The lowest BCUT2D eigenvalue weighted by Crippen LogP contribution is -2.34. The number of nitrogens with zero attached hydrogens (tertiary/aromatic N) is 4. The van der Waals surface area contributed by atoms with Crippen molar-refractivity contribution in [3.8, 4) is 11.4 Å². The molecule has 0 amide bonds. The fourth-order valence-corrected chi connectivity index (χ4v) is 3.81. The van der Waals surface area contributed by atoms with E-state index in [0.717, 1.165) is 55.0 Å². The Bertz CT molecular complexity index is 987. The van der Waals surface area contributed by atoms with E-state index in [0.29, 0.717) is 5.82 Å². The molecule has 0 radical (unpaired) electrons. The first-order valence-electron chi connectivity index (χ1n) is 9.62. The van der Waals surface area contributed by atoms with Crippen molar-refractivity contribution in [3.05, 3.63) is 70.5 Å². The van der Waals surface area contributed by atoms with Gasteiger partial charge in [-0.25, -0.2) is 9.97 Å². The molecule has 28 heavy (non-hydrogen) atoms. The molecule has 0 saturated carbocycles. The van der Waals surface area contributed by atoms with Gasteiger partial charge in [-0.15, -0.1) is 0 Å². The number of piperidine rings is 1. The quantitative estimate of drug-likeness (QED) is 0.712. The molecule has 4 heterocycles. The van der Waals surface area contributed by atoms with Gasteiger partial charge >= 0.3 is 0 Å². The monoisotopic (exact) mass is 376 g/mol. The van der Waals surface area contributed by atoms with Crippen LogP contribution >= 0.6 is 0 Å². The minimum absolute atomic E-state index is 0.108. The number of aromatic amines is 1. The summed E-state index contributed by atoms with van der Waals surface area (Å²) in [6.07, 6.45) is 8.48. The van der Waals surface area contributed by atoms with Crippen LogP contribution in [0.1, 0.15) is 36.6 Å². The van der Waals surface area contributed by atoms with E-state index in [1.165, 1.54) is 0 Å². The van der Waals surface area contributed by atoms with Crippen LogP contribution in [0, 0.1) is 0 Å². The average Bonchev–Trinajstić information content (AvgIpc) is 2.75. The Balaban J connectivity index is 1.66. The predicted molar refractivity (Wildman–Crippen MR) is 109 cm³/mol. The molecule has 1 saturated heterocycles. The lowest BCUT2D eigenvalue weighted by atomic mass is 9.98. The molecule has 0 bridgehead atoms. The Morgan fingerprint density at radius 1 is 1.25 bits per heavy atom. The SMILES string of the molecule is CNc1ncccc1CN1CCCC[C@@H]1c1cc(=O)[nH]c(-c2cccnc2)n1. The van der Waals surface area contributed by atoms with Gasteiger partial charge in [0, 0.05) is 49.4 Å². The summed E-state index contributed by atoms with van der Waals surface area (Å²) in [6, 6.07) is 9.54. The van der Waals surface area contributed by atoms with Crippen LogP contribution in [0.5, 0.6) is 0 Å². The van der Waals surface area contributed by atoms with Crippen LogP contribution in [-0.2, 0) is 6.54 Å². The van der Waals surface area contributed by atoms with Crippen LogP contribution in [-0.4, -0.2) is 38.4 Å². The number of hydrogen-bond acceptors (Lipinski definition) is 6. The van der Waals surface area contributed by atoms with Crippen molar-refractivity contribution in [2.45, 2.75) is 31.8 Å². The smallest absolute Gasteiger partial charge is 0.251 e. The number of aromatic nitrogens is 4. The van der Waals surface area contributed by atoms with Crippen molar-refractivity contribution in [2.24, 2.45) is 0 Å². The summed E-state index contributed by atoms with van der Waals surface area (Å²) >= 11 is 0. The van der Waals surface area contributed by atoms with Gasteiger partial charge in [0.1, 0.15) is 11.6 Å². The molecule has 1 aliphatic heterocycles. The third-order valence-electron chi connectivity index (χ3n) is 5.15. The molecule has 144 valence electrons. The zero-order valence-electron chi connectivity index (χ0n) is 15.9. The number of anilines is 1. The highest BCUT2D eigenvalue weighted by atomic mass is 16.1. The molecule has 3 aromatic rings. The Morgan fingerprint density at radius 2 is 2.14 bits per heavy atom. The van der Waals surface area contributed by atoms with E-state index >= 15 is 0 Å². The minimum atomic E-state index is -0.133. The highest BCUT2D eigenvalue weighted by Crippen LogP contribution is 2.32. The zero-order chi connectivity index (χ0) is 19.3. The Kier molecular flexibility index (Phi) is 5.43. The molecule has 7 nitrogen and oxygen atoms in total. The molecule has 2 N–H and O–H groups in total. The molecular weight excluding hydrogens is 352 g/mol. The lowest BCUT2D eigenvalue weighted by Gasteiger charge is -2.35. The summed E-state index contributed by atoms with van der Waals surface area (Å²) in [6.45, 7) is 1.74. The third kappa shape index (κ3) is 3.94. The van der Waals surface area contributed by atoms with Crippen LogP contribution in [0.4, 0.5) is 5.82 Å². The average molecular weight is 376 g/mol. The normalized spacial score (nSPS) is 17.4. The first kappa shape index (κ1) is 18.3. The van der Waals surface area contributed by atoms with Gasteiger partial charge in [0.25, 0.3) is 5.56 Å². The fraction of sp³-hybridized carbons (Fsp3) is 0.333. The molecule has 0 aromatic carbocycles. The fourth-order valence-electron chi connectivity index (χ4n) is 3.81. The zero-order valence-corrected chi connectivity index (χ0v) is 15.9. The molecule has 1 fully saturated rings. The van der Waals surface area contributed by atoms with Crippen molar-refractivity contribution in [3.63, 3.8) is 0 Å². The van der Waals surface area contributed by atoms with Gasteiger partial charge in [-0.1, -0.05) is 12.5 Å². The molecule has 0 spiro atoms. The molecular formula is C21H24N6O. The topological polar surface area (TPSA) is 86.8 Å². The van der Waals surface area contributed by atoms with Crippen LogP contribution < -0.4 is 10.9 Å². The number of likely N-dealkylation sites (tertiary alicyclic amines) is 1. The van der Waals surface area contributed by atoms with Gasteiger partial charge in [-0.3, -0.25) is 14.7 Å². The van der Waals surface area contributed by atoms with E-state index in [-0.39, 0.29) is 11.6 Å². The van der Waals surface area contributed by atoms with Crippen LogP contribution in [0.15, 0.2) is 53.7 Å². The van der Waals surface area contributed by atoms with Crippen LogP contribution in [0.3, 0.4) is 0 Å². The van der Waals surface area contributed by atoms with Gasteiger partial charge in [-0.05, 0) is 37.6 Å². The maximum atomic E-state index is 12.3. The van der Waals surface area contributed by atoms with E-state index < -0.39 is 0 Å². The first-order valence-corrected chi connectivity index (χ1v) is 9.62. The standard InChI is InChI=1S/C21H24N6O/c1-22-20-16(7-5-10-24-20)14-27-11-3-2-8-18(27)17-12-19(28)26-21(25-17)15-6-4-9-23-13-15/h4-7,9-10,12-13,18H,2-3,8,11,14H2,1H3,(H,22,24)(H,25,26,28)/t18-/m1/s1. The second kappa shape index (κ2) is 8.31. The summed E-state index contributed by atoms with van der Waals surface area (Å²) in [5, 5.41) is 3.16. The summed E-state index contributed by atoms with van der Waals surface area (Å²) in [4.78, 5) is 30.9. The summed E-state index contributed by atoms with van der Waals surface area (Å²) in [7, 11) is 1.89. The number of rotatable bonds is 5. The molecule has 0 unspecified atom stereocenters. The van der Waals surface area contributed by atoms with Crippen molar-refractivity contribution in [2.75, 3.05) is 18.9 Å². The minimum Gasteiger partial charge on any atom is -0.373 e. The van der Waals surface area contributed by atoms with E-state index in [9.17, 15) is 4.79 Å². The third-order valence-corrected chi connectivity index (χ3v) is 5.15. The highest BCUT2D eigenvalue weighted by molar-refractivity contribution is 5.52. The molecule has 3 aromatic heterocycles. The van der Waals surface area contributed by atoms with E-state index in [4.69, 9.17) is 4.98 Å². The molecule has 1 aliphatic rings. The Hall–Kier alpha value is -3.06. The highest BCUT2D eigenvalue weighted by Gasteiger charge is 2.26. The summed E-state index contributed by atoms with van der Waals surface area (Å²) in [5.41, 5.74) is 2.65. The van der Waals surface area contributed by atoms with E-state index in [1.807, 2.05) is 25.2 Å². The largest absolute Gasteiger partial charge is 0.373 e. The Morgan fingerprint density at radius 3 is 2.96 bits per heavy atom. The van der Waals surface area contributed by atoms with E-state index in [2.05, 4.69) is 31.2 Å². The first-order chi connectivity index (χ1) is 13.7. The number of hydrogen-bond donors (Lipinski definition) is 2. The number of pyridine rings is 2. The van der Waals surface area contributed by atoms with Gasteiger partial charge in [0.05, 0.1) is 11.7 Å². The van der Waals surface area contributed by atoms with Gasteiger partial charge in [0.2, 0.25) is 0 Å². The predicted octanol–water partition coefficient (Wildman–Crippen LogP) is 3.00. The molecule has 1 atom stereocenters. The second-order valence-corrected chi connectivity index (χ2v) is 7.00.